The average molecular weight is 305 g/mol. The van der Waals surface area contributed by atoms with Crippen molar-refractivity contribution in [1.29, 1.82) is 0 Å². The first-order valence-corrected chi connectivity index (χ1v) is 7.05. The summed E-state index contributed by atoms with van der Waals surface area (Å²) in [6, 6.07) is 5.21. The van der Waals surface area contributed by atoms with Gasteiger partial charge in [0.1, 0.15) is 0 Å². The third-order valence-corrected chi connectivity index (χ3v) is 3.11. The lowest BCUT2D eigenvalue weighted by Gasteiger charge is -2.12. The van der Waals surface area contributed by atoms with Gasteiger partial charge in [-0.2, -0.15) is 0 Å². The van der Waals surface area contributed by atoms with Crippen molar-refractivity contribution >= 4 is 40.5 Å². The highest BCUT2D eigenvalue weighted by Gasteiger charge is 2.07. The summed E-state index contributed by atoms with van der Waals surface area (Å²) < 4.78 is 0. The van der Waals surface area contributed by atoms with Gasteiger partial charge in [0, 0.05) is 18.7 Å². The quantitative estimate of drug-likeness (QED) is 0.678. The van der Waals surface area contributed by atoms with Crippen LogP contribution < -0.4 is 10.6 Å². The number of benzene rings is 1. The second-order valence-electron chi connectivity index (χ2n) is 4.18. The van der Waals surface area contributed by atoms with Crippen LogP contribution in [0.4, 0.5) is 11.4 Å². The molecule has 1 aromatic carbocycles. The van der Waals surface area contributed by atoms with E-state index in [0.717, 1.165) is 12.1 Å². The van der Waals surface area contributed by atoms with E-state index in [9.17, 15) is 9.90 Å². The summed E-state index contributed by atoms with van der Waals surface area (Å²) in [6.45, 7) is 2.29. The van der Waals surface area contributed by atoms with Crippen LogP contribution in [-0.4, -0.2) is 29.5 Å². The smallest absolute Gasteiger partial charge is 0.224 e. The molecule has 1 aromatic rings. The minimum absolute atomic E-state index is 0.0531. The molecule has 0 aliphatic heterocycles. The van der Waals surface area contributed by atoms with Gasteiger partial charge in [-0.3, -0.25) is 4.79 Å². The predicted octanol–water partition coefficient (Wildman–Crippen LogP) is 3.09. The van der Waals surface area contributed by atoms with Gasteiger partial charge in [0.25, 0.3) is 0 Å². The maximum Gasteiger partial charge on any atom is 0.224 e. The zero-order valence-electron chi connectivity index (χ0n) is 10.7. The molecule has 0 aliphatic rings. The highest BCUT2D eigenvalue weighted by atomic mass is 35.5. The molecular formula is C13H18Cl2N2O2. The van der Waals surface area contributed by atoms with Gasteiger partial charge in [-0.15, -0.1) is 11.6 Å². The first kappa shape index (κ1) is 16.1. The fourth-order valence-corrected chi connectivity index (χ4v) is 1.79. The number of carbonyl (C=O) groups excluding carboxylic acids is 1. The molecule has 1 rings (SSSR count). The van der Waals surface area contributed by atoms with E-state index in [0.29, 0.717) is 23.7 Å². The number of rotatable bonds is 7. The van der Waals surface area contributed by atoms with Gasteiger partial charge in [0.2, 0.25) is 5.91 Å². The highest BCUT2D eigenvalue weighted by Crippen LogP contribution is 2.25. The summed E-state index contributed by atoms with van der Waals surface area (Å²) in [5.74, 6) is 0.119. The van der Waals surface area contributed by atoms with Crippen molar-refractivity contribution in [2.45, 2.75) is 25.9 Å². The SMILES string of the molecule is CCCC(=O)Nc1ccc(NCC(O)CCl)cc1Cl. The van der Waals surface area contributed by atoms with Crippen LogP contribution in [0.25, 0.3) is 0 Å². The van der Waals surface area contributed by atoms with Gasteiger partial charge in [-0.25, -0.2) is 0 Å². The monoisotopic (exact) mass is 304 g/mol. The maximum atomic E-state index is 11.5. The second kappa shape index (κ2) is 8.25. The first-order valence-electron chi connectivity index (χ1n) is 6.14. The molecule has 6 heteroatoms. The molecule has 1 amide bonds. The van der Waals surface area contributed by atoms with Crippen molar-refractivity contribution in [3.05, 3.63) is 23.2 Å². The zero-order valence-corrected chi connectivity index (χ0v) is 12.3. The van der Waals surface area contributed by atoms with Crippen LogP contribution in [0, 0.1) is 0 Å². The minimum atomic E-state index is -0.607. The third-order valence-electron chi connectivity index (χ3n) is 2.44. The summed E-state index contributed by atoms with van der Waals surface area (Å²) in [7, 11) is 0. The molecule has 0 heterocycles. The molecule has 0 aromatic heterocycles. The van der Waals surface area contributed by atoms with Crippen LogP contribution in [0.2, 0.25) is 5.02 Å². The number of alkyl halides is 1. The zero-order chi connectivity index (χ0) is 14.3. The van der Waals surface area contributed by atoms with Crippen molar-refractivity contribution in [2.24, 2.45) is 0 Å². The van der Waals surface area contributed by atoms with E-state index in [1.807, 2.05) is 6.92 Å². The number of carbonyl (C=O) groups is 1. The fraction of sp³-hybridized carbons (Fsp3) is 0.462. The lowest BCUT2D eigenvalue weighted by Crippen LogP contribution is -2.20. The van der Waals surface area contributed by atoms with E-state index in [1.165, 1.54) is 0 Å². The Morgan fingerprint density at radius 2 is 2.21 bits per heavy atom. The normalized spacial score (nSPS) is 12.0. The Bertz CT molecular complexity index is 427. The molecule has 0 spiro atoms. The van der Waals surface area contributed by atoms with Crippen LogP contribution in [0.1, 0.15) is 19.8 Å². The van der Waals surface area contributed by atoms with Crippen molar-refractivity contribution in [3.8, 4) is 0 Å². The lowest BCUT2D eigenvalue weighted by molar-refractivity contribution is -0.116. The third kappa shape index (κ3) is 5.68. The number of anilines is 2. The van der Waals surface area contributed by atoms with Crippen LogP contribution in [0.15, 0.2) is 18.2 Å². The molecule has 4 nitrogen and oxygen atoms in total. The van der Waals surface area contributed by atoms with Crippen LogP contribution in [0.3, 0.4) is 0 Å². The molecule has 1 unspecified atom stereocenters. The first-order chi connectivity index (χ1) is 9.06. The molecule has 19 heavy (non-hydrogen) atoms. The number of hydrogen-bond donors (Lipinski definition) is 3. The topological polar surface area (TPSA) is 61.4 Å². The second-order valence-corrected chi connectivity index (χ2v) is 4.90. The molecule has 0 aliphatic carbocycles. The molecular weight excluding hydrogens is 287 g/mol. The molecule has 106 valence electrons. The summed E-state index contributed by atoms with van der Waals surface area (Å²) in [4.78, 5) is 11.5. The van der Waals surface area contributed by atoms with Gasteiger partial charge >= 0.3 is 0 Å². The van der Waals surface area contributed by atoms with Crippen molar-refractivity contribution in [2.75, 3.05) is 23.1 Å². The predicted molar refractivity (Wildman–Crippen MR) is 80.2 cm³/mol. The summed E-state index contributed by atoms with van der Waals surface area (Å²) in [6.07, 6.45) is 0.654. The molecule has 0 fully saturated rings. The van der Waals surface area contributed by atoms with E-state index < -0.39 is 6.10 Å². The maximum absolute atomic E-state index is 11.5. The molecule has 0 radical (unpaired) electrons. The van der Waals surface area contributed by atoms with Crippen LogP contribution in [-0.2, 0) is 4.79 Å². The summed E-state index contributed by atoms with van der Waals surface area (Å²) in [5, 5.41) is 15.5. The fourth-order valence-electron chi connectivity index (χ4n) is 1.46. The van der Waals surface area contributed by atoms with Crippen LogP contribution in [0.5, 0.6) is 0 Å². The number of halogens is 2. The van der Waals surface area contributed by atoms with Gasteiger partial charge in [0.15, 0.2) is 0 Å². The number of aliphatic hydroxyl groups excluding tert-OH is 1. The van der Waals surface area contributed by atoms with E-state index in [-0.39, 0.29) is 11.8 Å². The Hall–Kier alpha value is -0.970. The number of nitrogens with one attached hydrogen (secondary N) is 2. The van der Waals surface area contributed by atoms with E-state index in [1.54, 1.807) is 18.2 Å². The average Bonchev–Trinajstić information content (AvgIpc) is 2.39. The van der Waals surface area contributed by atoms with Gasteiger partial charge < -0.3 is 15.7 Å². The molecule has 0 saturated carbocycles. The number of amides is 1. The van der Waals surface area contributed by atoms with Crippen LogP contribution >= 0.6 is 23.2 Å². The largest absolute Gasteiger partial charge is 0.390 e. The van der Waals surface area contributed by atoms with Gasteiger partial charge in [0.05, 0.1) is 22.7 Å². The lowest BCUT2D eigenvalue weighted by atomic mass is 10.2. The molecule has 0 bridgehead atoms. The van der Waals surface area contributed by atoms with E-state index >= 15 is 0 Å². The van der Waals surface area contributed by atoms with E-state index in [4.69, 9.17) is 23.2 Å². The van der Waals surface area contributed by atoms with E-state index in [2.05, 4.69) is 10.6 Å². The van der Waals surface area contributed by atoms with Gasteiger partial charge in [-0.05, 0) is 24.6 Å². The summed E-state index contributed by atoms with van der Waals surface area (Å²) in [5.41, 5.74) is 1.35. The summed E-state index contributed by atoms with van der Waals surface area (Å²) >= 11 is 11.6. The number of hydrogen-bond acceptors (Lipinski definition) is 3. The van der Waals surface area contributed by atoms with Gasteiger partial charge in [-0.1, -0.05) is 18.5 Å². The van der Waals surface area contributed by atoms with Crippen molar-refractivity contribution in [3.63, 3.8) is 0 Å². The highest BCUT2D eigenvalue weighted by molar-refractivity contribution is 6.34. The van der Waals surface area contributed by atoms with Crippen molar-refractivity contribution in [1.82, 2.24) is 0 Å². The Balaban J connectivity index is 2.61. The molecule has 1 atom stereocenters. The Morgan fingerprint density at radius 3 is 2.79 bits per heavy atom. The Kier molecular flexibility index (Phi) is 6.99. The molecule has 3 N–H and O–H groups in total. The number of aliphatic hydroxyl groups is 1. The van der Waals surface area contributed by atoms with Crippen molar-refractivity contribution < 1.29 is 9.90 Å². The Labute approximate surface area is 123 Å². The Morgan fingerprint density at radius 1 is 1.47 bits per heavy atom. The molecule has 0 saturated heterocycles. The minimum Gasteiger partial charge on any atom is -0.390 e. The standard InChI is InChI=1S/C13H18Cl2N2O2/c1-2-3-13(19)17-12-5-4-9(6-11(12)15)16-8-10(18)7-14/h4-6,10,16,18H,2-3,7-8H2,1H3,(H,17,19).